The molecule has 24 heteroatoms. The first-order chi connectivity index (χ1) is 37.8. The zero-order valence-electron chi connectivity index (χ0n) is 44.9. The van der Waals surface area contributed by atoms with Crippen molar-refractivity contribution in [3.8, 4) is 0 Å². The molecule has 24 nitrogen and oxygen atoms in total. The second-order valence-corrected chi connectivity index (χ2v) is 18.4. The molecule has 0 bridgehead atoms. The number of rotatable bonds is 24. The van der Waals surface area contributed by atoms with Crippen LogP contribution >= 0.6 is 0 Å². The Bertz CT molecular complexity index is 2490. The lowest BCUT2D eigenvalue weighted by Gasteiger charge is -2.50. The van der Waals surface area contributed by atoms with Gasteiger partial charge in [-0.05, 0) is 16.7 Å². The van der Waals surface area contributed by atoms with Crippen LogP contribution in [0.1, 0.15) is 72.1 Å². The fourth-order valence-electron chi connectivity index (χ4n) is 8.93. The van der Waals surface area contributed by atoms with E-state index >= 15 is 0 Å². The van der Waals surface area contributed by atoms with Crippen molar-refractivity contribution in [1.82, 2.24) is 0 Å². The predicted molar refractivity (Wildman–Crippen MR) is 265 cm³/mol. The molecule has 0 aliphatic carbocycles. The van der Waals surface area contributed by atoms with Gasteiger partial charge in [-0.15, -0.1) is 0 Å². The van der Waals surface area contributed by atoms with Crippen LogP contribution in [0.2, 0.25) is 0 Å². The topological polar surface area (TPSA) is 284 Å². The lowest BCUT2D eigenvalue weighted by atomic mass is 9.95. The summed E-state index contributed by atoms with van der Waals surface area (Å²) in [5.74, 6) is -6.85. The average Bonchev–Trinajstić information content (AvgIpc) is 3.40. The van der Waals surface area contributed by atoms with Gasteiger partial charge in [0.1, 0.15) is 49.8 Å². The zero-order valence-corrected chi connectivity index (χ0v) is 44.9. The molecule has 0 unspecified atom stereocenters. The van der Waals surface area contributed by atoms with Crippen molar-refractivity contribution in [2.45, 2.75) is 167 Å². The van der Waals surface area contributed by atoms with Crippen LogP contribution in [0.5, 0.6) is 0 Å². The first-order valence-electron chi connectivity index (χ1n) is 25.3. The molecule has 0 saturated carbocycles. The van der Waals surface area contributed by atoms with Gasteiger partial charge in [0, 0.05) is 55.4 Å². The molecule has 3 heterocycles. The van der Waals surface area contributed by atoms with Crippen LogP contribution in [0.4, 0.5) is 0 Å². The van der Waals surface area contributed by atoms with Crippen molar-refractivity contribution in [3.05, 3.63) is 108 Å². The van der Waals surface area contributed by atoms with Crippen molar-refractivity contribution in [3.63, 3.8) is 0 Å². The maximum absolute atomic E-state index is 13.1. The van der Waals surface area contributed by atoms with Crippen molar-refractivity contribution >= 4 is 47.8 Å². The number of hydrogen-bond acceptors (Lipinski definition) is 24. The molecule has 3 saturated heterocycles. The Morgan fingerprint density at radius 1 is 0.316 bits per heavy atom. The lowest BCUT2D eigenvalue weighted by molar-refractivity contribution is -0.376. The maximum atomic E-state index is 13.1. The van der Waals surface area contributed by atoms with E-state index < -0.39 is 160 Å². The molecule has 0 spiro atoms. The average molecular weight is 1110 g/mol. The highest BCUT2D eigenvalue weighted by molar-refractivity contribution is 5.70. The lowest BCUT2D eigenvalue weighted by Crippen LogP contribution is -2.67. The van der Waals surface area contributed by atoms with Crippen LogP contribution in [0.3, 0.4) is 0 Å². The smallest absolute Gasteiger partial charge is 0.303 e. The fourth-order valence-corrected chi connectivity index (χ4v) is 8.93. The van der Waals surface area contributed by atoms with E-state index in [4.69, 9.17) is 75.8 Å². The summed E-state index contributed by atoms with van der Waals surface area (Å²) in [6, 6.07) is 27.3. The zero-order chi connectivity index (χ0) is 57.2. The summed E-state index contributed by atoms with van der Waals surface area (Å²) >= 11 is 0. The Morgan fingerprint density at radius 3 is 1.03 bits per heavy atom. The summed E-state index contributed by atoms with van der Waals surface area (Å²) in [5.41, 5.74) is 2.15. The standard InChI is InChI=1S/C55H66O24/c1-30(56)64-27-41-45(70-32(3)58)48(72-34(5)60)51(74-36(7)62)54(77-41)69-29-43-44(79-55-52(75-37(8)63)49(73-35(6)61)46(71-33(4)59)42(78-55)28-65-31(2)57)47(66-24-38-18-12-9-13-19-38)50(67-25-39-20-14-10-15-21-39)53(76-43)68-26-40-22-16-11-17-23-40/h9-23,41-55H,24-29H2,1-8H3/t41-,42-,43-,44-,45-,46-,47+,48+,49+,50+,51+,52+,53-,54+,55-/m1/s1. The number of hydrogen-bond donors (Lipinski definition) is 0. The highest BCUT2D eigenvalue weighted by Crippen LogP contribution is 2.38. The molecule has 3 aromatic rings. The van der Waals surface area contributed by atoms with Crippen LogP contribution < -0.4 is 0 Å². The van der Waals surface area contributed by atoms with Gasteiger partial charge in [-0.1, -0.05) is 91.0 Å². The molecule has 79 heavy (non-hydrogen) atoms. The Kier molecular flexibility index (Phi) is 23.2. The summed E-state index contributed by atoms with van der Waals surface area (Å²) in [6.45, 7) is 6.66. The van der Waals surface area contributed by atoms with E-state index in [1.807, 2.05) is 78.9 Å². The molecule has 3 aromatic carbocycles. The molecule has 0 aromatic heterocycles. The summed E-state index contributed by atoms with van der Waals surface area (Å²) in [6.07, 6.45) is -23.2. The van der Waals surface area contributed by atoms with Gasteiger partial charge in [0.25, 0.3) is 0 Å². The molecule has 3 aliphatic heterocycles. The largest absolute Gasteiger partial charge is 0.463 e. The molecule has 0 radical (unpaired) electrons. The highest BCUT2D eigenvalue weighted by Gasteiger charge is 2.58. The minimum atomic E-state index is -1.83. The Labute approximate surface area is 455 Å². The highest BCUT2D eigenvalue weighted by atomic mass is 16.8. The Morgan fingerprint density at radius 2 is 0.633 bits per heavy atom. The molecule has 430 valence electrons. The second kappa shape index (κ2) is 29.9. The SMILES string of the molecule is CC(=O)OC[C@H]1O[C@H](OC[C@H]2O[C@@H](OCc3ccccc3)[C@@H](OCc3ccccc3)[C@@H](OCc3ccccc3)[C@@H]2O[C@H]2O[C@H](COC(C)=O)[C@@H](OC(C)=O)[C@H](OC(C)=O)[C@@H]2OC(C)=O)[C@@H](OC(C)=O)[C@@H](OC(C)=O)[C@@H]1OC(C)=O. The Balaban J connectivity index is 1.52. The van der Waals surface area contributed by atoms with E-state index in [1.54, 1.807) is 12.1 Å². The molecule has 0 N–H and O–H groups in total. The molecular weight excluding hydrogens is 1040 g/mol. The van der Waals surface area contributed by atoms with Gasteiger partial charge in [0.05, 0.1) is 26.4 Å². The summed E-state index contributed by atoms with van der Waals surface area (Å²) in [5, 5.41) is 0. The number of esters is 8. The fraction of sp³-hybridized carbons (Fsp3) is 0.527. The third-order valence-corrected chi connectivity index (χ3v) is 12.0. The molecule has 15 atom stereocenters. The molecule has 6 rings (SSSR count). The van der Waals surface area contributed by atoms with Gasteiger partial charge in [0.2, 0.25) is 0 Å². The van der Waals surface area contributed by atoms with E-state index in [2.05, 4.69) is 0 Å². The molecule has 3 fully saturated rings. The van der Waals surface area contributed by atoms with E-state index in [-0.39, 0.29) is 19.8 Å². The summed E-state index contributed by atoms with van der Waals surface area (Å²) < 4.78 is 98.0. The van der Waals surface area contributed by atoms with Crippen LogP contribution in [0.15, 0.2) is 91.0 Å². The van der Waals surface area contributed by atoms with Gasteiger partial charge in [-0.3, -0.25) is 38.4 Å². The molecular formula is C55H66O24. The first kappa shape index (κ1) is 61.3. The Hall–Kier alpha value is -6.90. The van der Waals surface area contributed by atoms with E-state index in [0.29, 0.717) is 5.56 Å². The van der Waals surface area contributed by atoms with Crippen LogP contribution in [0, 0.1) is 0 Å². The van der Waals surface area contributed by atoms with E-state index in [9.17, 15) is 38.4 Å². The third-order valence-electron chi connectivity index (χ3n) is 12.0. The minimum absolute atomic E-state index is 0.0388. The predicted octanol–water partition coefficient (Wildman–Crippen LogP) is 3.67. The molecule has 3 aliphatic rings. The van der Waals surface area contributed by atoms with E-state index in [0.717, 1.165) is 66.5 Å². The van der Waals surface area contributed by atoms with Crippen molar-refractivity contribution in [1.29, 1.82) is 0 Å². The first-order valence-corrected chi connectivity index (χ1v) is 25.3. The minimum Gasteiger partial charge on any atom is -0.463 e. The number of carbonyl (C=O) groups excluding carboxylic acids is 8. The number of carbonyl (C=O) groups is 8. The van der Waals surface area contributed by atoms with Crippen LogP contribution in [-0.2, 0) is 134 Å². The molecule has 0 amide bonds. The number of benzene rings is 3. The monoisotopic (exact) mass is 1110 g/mol. The summed E-state index contributed by atoms with van der Waals surface area (Å²) in [4.78, 5) is 101. The second-order valence-electron chi connectivity index (χ2n) is 18.4. The van der Waals surface area contributed by atoms with Crippen molar-refractivity contribution < 1.29 is 114 Å². The van der Waals surface area contributed by atoms with Crippen molar-refractivity contribution in [2.75, 3.05) is 19.8 Å². The van der Waals surface area contributed by atoms with E-state index in [1.165, 1.54) is 0 Å². The van der Waals surface area contributed by atoms with Gasteiger partial charge < -0.3 is 75.8 Å². The number of ether oxygens (including phenoxy) is 16. The maximum Gasteiger partial charge on any atom is 0.303 e. The van der Waals surface area contributed by atoms with Gasteiger partial charge in [-0.25, -0.2) is 0 Å². The van der Waals surface area contributed by atoms with Gasteiger partial charge >= 0.3 is 47.8 Å². The third kappa shape index (κ3) is 18.6. The summed E-state index contributed by atoms with van der Waals surface area (Å²) in [7, 11) is 0. The normalized spacial score (nSPS) is 28.4. The van der Waals surface area contributed by atoms with Crippen molar-refractivity contribution in [2.24, 2.45) is 0 Å². The van der Waals surface area contributed by atoms with Gasteiger partial charge in [-0.2, -0.15) is 0 Å². The quantitative estimate of drug-likeness (QED) is 0.0913. The van der Waals surface area contributed by atoms with Crippen LogP contribution in [-0.4, -0.2) is 160 Å². The van der Waals surface area contributed by atoms with Gasteiger partial charge in [0.15, 0.2) is 55.5 Å². The van der Waals surface area contributed by atoms with Crippen LogP contribution in [0.25, 0.3) is 0 Å².